The van der Waals surface area contributed by atoms with Crippen molar-refractivity contribution in [2.75, 3.05) is 20.6 Å². The quantitative estimate of drug-likeness (QED) is 0.0532. The van der Waals surface area contributed by atoms with Gasteiger partial charge in [-0.15, -0.1) is 0 Å². The Morgan fingerprint density at radius 1 is 0.565 bits per heavy atom. The number of hydrogen-bond acceptors (Lipinski definition) is 3. The summed E-state index contributed by atoms with van der Waals surface area (Å²) >= 11 is 0. The van der Waals surface area contributed by atoms with Crippen LogP contribution < -0.4 is 0 Å². The van der Waals surface area contributed by atoms with E-state index in [0.717, 1.165) is 64.3 Å². The van der Waals surface area contributed by atoms with Gasteiger partial charge in [0.25, 0.3) is 0 Å². The molecule has 0 saturated heterocycles. The summed E-state index contributed by atoms with van der Waals surface area (Å²) in [5, 5.41) is 20.1. The van der Waals surface area contributed by atoms with Crippen molar-refractivity contribution in [3.05, 3.63) is 36.5 Å². The van der Waals surface area contributed by atoms with E-state index in [2.05, 4.69) is 55.2 Å². The predicted octanol–water partition coefficient (Wildman–Crippen LogP) is 12.5. The van der Waals surface area contributed by atoms with Crippen LogP contribution in [0.3, 0.4) is 0 Å². The van der Waals surface area contributed by atoms with Crippen molar-refractivity contribution in [2.45, 2.75) is 193 Å². The highest BCUT2D eigenvalue weighted by atomic mass is 16.4. The highest BCUT2D eigenvalue weighted by Gasteiger charge is 2.27. The first-order valence-electron chi connectivity index (χ1n) is 19.9. The van der Waals surface area contributed by atoms with Crippen LogP contribution in [0.15, 0.2) is 36.5 Å². The van der Waals surface area contributed by atoms with Crippen LogP contribution in [-0.2, 0) is 4.79 Å². The zero-order valence-electron chi connectivity index (χ0n) is 31.2. The minimum Gasteiger partial charge on any atom is -0.481 e. The fourth-order valence-electron chi connectivity index (χ4n) is 6.39. The summed E-state index contributed by atoms with van der Waals surface area (Å²) in [6.45, 7) is 5.31. The molecule has 2 unspecified atom stereocenters. The van der Waals surface area contributed by atoms with Gasteiger partial charge in [-0.3, -0.25) is 4.79 Å². The third-order valence-electron chi connectivity index (χ3n) is 9.46. The molecular formula is C42H79NO3. The van der Waals surface area contributed by atoms with Crippen molar-refractivity contribution in [3.63, 3.8) is 0 Å². The van der Waals surface area contributed by atoms with Crippen molar-refractivity contribution in [3.8, 4) is 0 Å². The first-order chi connectivity index (χ1) is 22.4. The SMILES string of the molecule is CCCCCC=CCC=CCCCCCCCCC(CCCCCCCCC=CC[C@H](O)CCCCC)C(CCN(C)C)C(=O)O. The van der Waals surface area contributed by atoms with Gasteiger partial charge in [0, 0.05) is 0 Å². The van der Waals surface area contributed by atoms with Crippen molar-refractivity contribution in [1.29, 1.82) is 0 Å². The van der Waals surface area contributed by atoms with Crippen molar-refractivity contribution < 1.29 is 15.0 Å². The van der Waals surface area contributed by atoms with Gasteiger partial charge in [0.05, 0.1) is 12.0 Å². The molecule has 4 nitrogen and oxygen atoms in total. The monoisotopic (exact) mass is 646 g/mol. The highest BCUT2D eigenvalue weighted by molar-refractivity contribution is 5.70. The van der Waals surface area contributed by atoms with Gasteiger partial charge in [0.15, 0.2) is 0 Å². The van der Waals surface area contributed by atoms with Crippen molar-refractivity contribution >= 4 is 5.97 Å². The standard InChI is InChI=1S/C42H79NO3/c1-5-7-9-10-11-12-13-14-15-16-17-18-20-23-26-30-33-39(41(42(45)46)37-38-43(3)4)34-31-27-24-21-19-22-25-28-32-36-40(44)35-29-8-6-2/h11-12,14-15,28,32,39-41,44H,5-10,13,16-27,29-31,33-38H2,1-4H3,(H,45,46)/t39?,40-,41?/m1/s1. The zero-order valence-corrected chi connectivity index (χ0v) is 31.2. The van der Waals surface area contributed by atoms with Crippen LogP contribution in [0.5, 0.6) is 0 Å². The fourth-order valence-corrected chi connectivity index (χ4v) is 6.39. The van der Waals surface area contributed by atoms with E-state index in [4.69, 9.17) is 0 Å². The van der Waals surface area contributed by atoms with E-state index in [1.54, 1.807) is 0 Å². The molecule has 0 spiro atoms. The Morgan fingerprint density at radius 2 is 1.00 bits per heavy atom. The number of rotatable bonds is 35. The lowest BCUT2D eigenvalue weighted by atomic mass is 9.81. The molecule has 2 N–H and O–H groups in total. The van der Waals surface area contributed by atoms with Crippen LogP contribution in [-0.4, -0.2) is 47.8 Å². The number of carboxylic acids is 1. The topological polar surface area (TPSA) is 60.8 Å². The van der Waals surface area contributed by atoms with E-state index in [0.29, 0.717) is 5.92 Å². The molecule has 46 heavy (non-hydrogen) atoms. The summed E-state index contributed by atoms with van der Waals surface area (Å²) < 4.78 is 0. The van der Waals surface area contributed by atoms with Gasteiger partial charge in [-0.2, -0.15) is 0 Å². The molecule has 0 saturated carbocycles. The number of aliphatic carboxylic acids is 1. The Hall–Kier alpha value is -1.39. The molecule has 0 aromatic carbocycles. The molecule has 0 rings (SSSR count). The van der Waals surface area contributed by atoms with Gasteiger partial charge in [-0.05, 0) is 104 Å². The third kappa shape index (κ3) is 31.2. The van der Waals surface area contributed by atoms with E-state index >= 15 is 0 Å². The molecule has 0 aliphatic heterocycles. The summed E-state index contributed by atoms with van der Waals surface area (Å²) in [5.74, 6) is -0.489. The second-order valence-corrected chi connectivity index (χ2v) is 14.2. The van der Waals surface area contributed by atoms with Crippen LogP contribution in [0.25, 0.3) is 0 Å². The van der Waals surface area contributed by atoms with E-state index in [9.17, 15) is 15.0 Å². The lowest BCUT2D eigenvalue weighted by molar-refractivity contribution is -0.144. The molecule has 0 aromatic heterocycles. The molecule has 0 aliphatic rings. The summed E-state index contributed by atoms with van der Waals surface area (Å²) in [6.07, 6.45) is 45.3. The number of allylic oxidation sites excluding steroid dienone is 5. The molecule has 0 radical (unpaired) electrons. The number of carbonyl (C=O) groups is 1. The Bertz CT molecular complexity index is 728. The smallest absolute Gasteiger partial charge is 0.306 e. The number of hydrogen-bond donors (Lipinski definition) is 2. The molecule has 270 valence electrons. The Morgan fingerprint density at radius 3 is 1.50 bits per heavy atom. The molecule has 3 atom stereocenters. The summed E-state index contributed by atoms with van der Waals surface area (Å²) in [7, 11) is 4.09. The first-order valence-corrected chi connectivity index (χ1v) is 19.9. The average molecular weight is 646 g/mol. The van der Waals surface area contributed by atoms with E-state index in [-0.39, 0.29) is 12.0 Å². The van der Waals surface area contributed by atoms with Crippen LogP contribution in [0, 0.1) is 11.8 Å². The molecule has 0 aromatic rings. The second kappa shape index (κ2) is 34.9. The molecule has 0 amide bonds. The van der Waals surface area contributed by atoms with Gasteiger partial charge in [-0.25, -0.2) is 0 Å². The number of nitrogens with zero attached hydrogens (tertiary/aromatic N) is 1. The molecule has 0 aliphatic carbocycles. The van der Waals surface area contributed by atoms with E-state index in [1.165, 1.54) is 116 Å². The maximum absolute atomic E-state index is 12.3. The fraction of sp³-hybridized carbons (Fsp3) is 0.833. The first kappa shape index (κ1) is 44.6. The van der Waals surface area contributed by atoms with Crippen LogP contribution >= 0.6 is 0 Å². The Balaban J connectivity index is 4.17. The molecule has 0 heterocycles. The Kier molecular flexibility index (Phi) is 33.9. The number of carboxylic acid groups (broad SMARTS) is 1. The number of unbranched alkanes of at least 4 members (excludes halogenated alkanes) is 17. The Labute approximate surface area is 287 Å². The minimum absolute atomic E-state index is 0.171. The normalized spacial score (nSPS) is 14.3. The highest BCUT2D eigenvalue weighted by Crippen LogP contribution is 2.29. The van der Waals surface area contributed by atoms with Gasteiger partial charge in [0.1, 0.15) is 0 Å². The van der Waals surface area contributed by atoms with E-state index < -0.39 is 5.97 Å². The number of aliphatic hydroxyl groups is 1. The number of aliphatic hydroxyl groups excluding tert-OH is 1. The van der Waals surface area contributed by atoms with Crippen LogP contribution in [0.1, 0.15) is 187 Å². The van der Waals surface area contributed by atoms with Gasteiger partial charge >= 0.3 is 5.97 Å². The third-order valence-corrected chi connectivity index (χ3v) is 9.46. The van der Waals surface area contributed by atoms with E-state index in [1.807, 2.05) is 14.1 Å². The molecular weight excluding hydrogens is 566 g/mol. The summed E-state index contributed by atoms with van der Waals surface area (Å²) in [6, 6.07) is 0. The zero-order chi connectivity index (χ0) is 33.9. The maximum Gasteiger partial charge on any atom is 0.306 e. The molecule has 0 bridgehead atoms. The van der Waals surface area contributed by atoms with Gasteiger partial charge in [-0.1, -0.05) is 147 Å². The summed E-state index contributed by atoms with van der Waals surface area (Å²) in [5.41, 5.74) is 0. The maximum atomic E-state index is 12.3. The van der Waals surface area contributed by atoms with Crippen molar-refractivity contribution in [1.82, 2.24) is 4.90 Å². The predicted molar refractivity (Wildman–Crippen MR) is 203 cm³/mol. The van der Waals surface area contributed by atoms with Crippen LogP contribution in [0.2, 0.25) is 0 Å². The lowest BCUT2D eigenvalue weighted by Gasteiger charge is -2.25. The summed E-state index contributed by atoms with van der Waals surface area (Å²) in [4.78, 5) is 14.4. The second-order valence-electron chi connectivity index (χ2n) is 14.2. The lowest BCUT2D eigenvalue weighted by Crippen LogP contribution is -2.28. The largest absolute Gasteiger partial charge is 0.481 e. The minimum atomic E-state index is -0.589. The average Bonchev–Trinajstić information content (AvgIpc) is 3.02. The van der Waals surface area contributed by atoms with Gasteiger partial charge < -0.3 is 15.1 Å². The van der Waals surface area contributed by atoms with Gasteiger partial charge in [0.2, 0.25) is 0 Å². The molecule has 0 fully saturated rings. The molecule has 4 heteroatoms. The van der Waals surface area contributed by atoms with Crippen molar-refractivity contribution in [2.24, 2.45) is 11.8 Å². The van der Waals surface area contributed by atoms with Crippen LogP contribution in [0.4, 0.5) is 0 Å².